The second-order valence-corrected chi connectivity index (χ2v) is 8.43. The van der Waals surface area contributed by atoms with Gasteiger partial charge in [-0.15, -0.1) is 0 Å². The number of methoxy groups -OCH3 is 1. The Labute approximate surface area is 177 Å². The zero-order valence-electron chi connectivity index (χ0n) is 16.2. The van der Waals surface area contributed by atoms with Crippen LogP contribution in [0.2, 0.25) is 0 Å². The van der Waals surface area contributed by atoms with Crippen molar-refractivity contribution in [3.8, 4) is 11.5 Å². The number of hydrogen-bond acceptors (Lipinski definition) is 7. The Morgan fingerprint density at radius 1 is 1.06 bits per heavy atom. The van der Waals surface area contributed by atoms with Crippen LogP contribution in [-0.4, -0.2) is 29.5 Å². The molecule has 0 aliphatic heterocycles. The molecule has 1 heterocycles. The average molecular weight is 439 g/mol. The van der Waals surface area contributed by atoms with Gasteiger partial charge in [0.25, 0.3) is 15.7 Å². The molecule has 0 unspecified atom stereocenters. The molecule has 0 amide bonds. The molecule has 10 heteroatoms. The highest BCUT2D eigenvalue weighted by atomic mass is 32.2. The zero-order valence-corrected chi connectivity index (χ0v) is 17.0. The van der Waals surface area contributed by atoms with Gasteiger partial charge in [-0.3, -0.25) is 10.1 Å². The molecule has 0 aliphatic rings. The number of phenols is 1. The summed E-state index contributed by atoms with van der Waals surface area (Å²) in [5.41, 5.74) is 0.584. The minimum Gasteiger partial charge on any atom is -0.508 e. The van der Waals surface area contributed by atoms with E-state index in [1.165, 1.54) is 67.9 Å². The summed E-state index contributed by atoms with van der Waals surface area (Å²) in [5.74, 6) is 0.530. The molecule has 9 nitrogen and oxygen atoms in total. The largest absolute Gasteiger partial charge is 0.508 e. The van der Waals surface area contributed by atoms with Gasteiger partial charge in [-0.25, -0.2) is 12.4 Å². The van der Waals surface area contributed by atoms with E-state index in [2.05, 4.69) is 5.32 Å². The fourth-order valence-corrected chi connectivity index (χ4v) is 4.63. The molecule has 4 aromatic rings. The second kappa shape index (κ2) is 7.65. The number of phenolic OH excluding ortho intramolecular Hbond substituents is 1. The molecular weight excluding hydrogens is 422 g/mol. The first-order valence-electron chi connectivity index (χ1n) is 9.05. The highest BCUT2D eigenvalue weighted by Gasteiger charge is 2.26. The van der Waals surface area contributed by atoms with E-state index in [9.17, 15) is 23.6 Å². The molecule has 158 valence electrons. The van der Waals surface area contributed by atoms with Crippen molar-refractivity contribution < 1.29 is 23.2 Å². The first-order valence-corrected chi connectivity index (χ1v) is 10.5. The van der Waals surface area contributed by atoms with Crippen molar-refractivity contribution in [2.24, 2.45) is 0 Å². The summed E-state index contributed by atoms with van der Waals surface area (Å²) < 4.78 is 32.4. The number of non-ortho nitro benzene ring substituents is 1. The lowest BCUT2D eigenvalue weighted by molar-refractivity contribution is -0.383. The van der Waals surface area contributed by atoms with Crippen LogP contribution in [0, 0.1) is 10.1 Å². The SMILES string of the molecule is COc1ccc(S(=O)(=O)n2ccc3c(Nc4cccc(O)c4)ccc([N+](=O)[O-])c32)cc1. The number of hydrogen-bond donors (Lipinski definition) is 2. The van der Waals surface area contributed by atoms with Crippen molar-refractivity contribution in [2.45, 2.75) is 4.90 Å². The van der Waals surface area contributed by atoms with E-state index in [-0.39, 0.29) is 21.8 Å². The number of aromatic nitrogens is 1. The van der Waals surface area contributed by atoms with Crippen LogP contribution in [0.3, 0.4) is 0 Å². The van der Waals surface area contributed by atoms with Gasteiger partial charge in [-0.05, 0) is 48.5 Å². The number of nitrogens with zero attached hydrogens (tertiary/aromatic N) is 2. The lowest BCUT2D eigenvalue weighted by Crippen LogP contribution is -2.12. The van der Waals surface area contributed by atoms with Crippen LogP contribution in [0.1, 0.15) is 0 Å². The molecule has 1 aromatic heterocycles. The molecule has 0 saturated heterocycles. The van der Waals surface area contributed by atoms with Crippen molar-refractivity contribution in [2.75, 3.05) is 12.4 Å². The van der Waals surface area contributed by atoms with Gasteiger partial charge in [0.05, 0.1) is 16.9 Å². The topological polar surface area (TPSA) is 124 Å². The van der Waals surface area contributed by atoms with Crippen LogP contribution in [0.4, 0.5) is 17.1 Å². The van der Waals surface area contributed by atoms with Gasteiger partial charge in [0, 0.05) is 35.1 Å². The molecule has 4 rings (SSSR count). The van der Waals surface area contributed by atoms with E-state index in [0.717, 1.165) is 3.97 Å². The van der Waals surface area contributed by atoms with Gasteiger partial charge in [-0.2, -0.15) is 0 Å². The number of rotatable bonds is 6. The van der Waals surface area contributed by atoms with Gasteiger partial charge < -0.3 is 15.2 Å². The van der Waals surface area contributed by atoms with Crippen LogP contribution in [-0.2, 0) is 10.0 Å². The second-order valence-electron chi connectivity index (χ2n) is 6.62. The predicted molar refractivity (Wildman–Crippen MR) is 116 cm³/mol. The molecular formula is C21H17N3O6S. The summed E-state index contributed by atoms with van der Waals surface area (Å²) in [6.07, 6.45) is 1.28. The normalized spacial score (nSPS) is 11.4. The standard InChI is InChI=1S/C21H17N3O6S/c1-30-16-5-7-17(8-6-16)31(28,29)23-12-11-18-19(9-10-20(21(18)23)24(26)27)22-14-3-2-4-15(25)13-14/h2-13,22,25H,1H3. The molecule has 0 aliphatic carbocycles. The quantitative estimate of drug-likeness (QED) is 0.340. The Morgan fingerprint density at radius 3 is 2.45 bits per heavy atom. The van der Waals surface area contributed by atoms with Crippen LogP contribution in [0.5, 0.6) is 11.5 Å². The third-order valence-electron chi connectivity index (χ3n) is 4.73. The molecule has 0 radical (unpaired) electrons. The minimum absolute atomic E-state index is 0.0357. The zero-order chi connectivity index (χ0) is 22.2. The Morgan fingerprint density at radius 2 is 1.81 bits per heavy atom. The summed E-state index contributed by atoms with van der Waals surface area (Å²) in [6.45, 7) is 0. The summed E-state index contributed by atoms with van der Waals surface area (Å²) >= 11 is 0. The third kappa shape index (κ3) is 3.64. The first-order chi connectivity index (χ1) is 14.8. The monoisotopic (exact) mass is 439 g/mol. The number of anilines is 2. The van der Waals surface area contributed by atoms with E-state index >= 15 is 0 Å². The molecule has 0 saturated carbocycles. The lowest BCUT2D eigenvalue weighted by atomic mass is 10.2. The van der Waals surface area contributed by atoms with Crippen molar-refractivity contribution in [3.63, 3.8) is 0 Å². The van der Waals surface area contributed by atoms with E-state index in [1.54, 1.807) is 12.1 Å². The first kappa shape index (κ1) is 20.2. The Kier molecular flexibility index (Phi) is 4.99. The highest BCUT2D eigenvalue weighted by Crippen LogP contribution is 2.36. The summed E-state index contributed by atoms with van der Waals surface area (Å²) in [5, 5.41) is 24.7. The number of fused-ring (bicyclic) bond motifs is 1. The molecule has 0 bridgehead atoms. The maximum atomic E-state index is 13.2. The molecule has 3 aromatic carbocycles. The molecule has 0 fully saturated rings. The van der Waals surface area contributed by atoms with Crippen molar-refractivity contribution in [3.05, 3.63) is 83.0 Å². The maximum absolute atomic E-state index is 13.2. The molecule has 0 atom stereocenters. The predicted octanol–water partition coefficient (Wildman–Crippen LogP) is 4.24. The van der Waals surface area contributed by atoms with E-state index in [4.69, 9.17) is 4.74 Å². The number of aromatic hydroxyl groups is 1. The Bertz CT molecular complexity index is 1390. The van der Waals surface area contributed by atoms with Gasteiger partial charge >= 0.3 is 0 Å². The fourth-order valence-electron chi connectivity index (χ4n) is 3.27. The molecule has 31 heavy (non-hydrogen) atoms. The van der Waals surface area contributed by atoms with Gasteiger partial charge in [-0.1, -0.05) is 6.07 Å². The summed E-state index contributed by atoms with van der Waals surface area (Å²) in [7, 11) is -2.65. The van der Waals surface area contributed by atoms with Crippen LogP contribution in [0.15, 0.2) is 77.8 Å². The molecule has 0 spiro atoms. The van der Waals surface area contributed by atoms with E-state index < -0.39 is 14.9 Å². The number of nitrogens with one attached hydrogen (secondary N) is 1. The number of benzene rings is 3. The van der Waals surface area contributed by atoms with Crippen molar-refractivity contribution in [1.29, 1.82) is 0 Å². The molecule has 2 N–H and O–H groups in total. The number of nitro groups is 1. The number of nitro benzene ring substituents is 1. The van der Waals surface area contributed by atoms with Gasteiger partial charge in [0.2, 0.25) is 0 Å². The fraction of sp³-hybridized carbons (Fsp3) is 0.0476. The Hall–Kier alpha value is -4.05. The van der Waals surface area contributed by atoms with E-state index in [0.29, 0.717) is 22.5 Å². The Balaban J connectivity index is 1.89. The van der Waals surface area contributed by atoms with E-state index in [1.807, 2.05) is 0 Å². The van der Waals surface area contributed by atoms with Crippen LogP contribution >= 0.6 is 0 Å². The average Bonchev–Trinajstić information content (AvgIpc) is 3.20. The smallest absolute Gasteiger partial charge is 0.294 e. The van der Waals surface area contributed by atoms with Crippen molar-refractivity contribution in [1.82, 2.24) is 3.97 Å². The maximum Gasteiger partial charge on any atom is 0.294 e. The highest BCUT2D eigenvalue weighted by molar-refractivity contribution is 7.90. The van der Waals surface area contributed by atoms with Crippen molar-refractivity contribution >= 4 is 38.0 Å². The number of ether oxygens (including phenoxy) is 1. The summed E-state index contributed by atoms with van der Waals surface area (Å²) in [4.78, 5) is 11.0. The summed E-state index contributed by atoms with van der Waals surface area (Å²) in [6, 6.07) is 16.3. The van der Waals surface area contributed by atoms with Crippen LogP contribution in [0.25, 0.3) is 10.9 Å². The minimum atomic E-state index is -4.11. The van der Waals surface area contributed by atoms with Gasteiger partial charge in [0.1, 0.15) is 17.0 Å². The van der Waals surface area contributed by atoms with Crippen LogP contribution < -0.4 is 10.1 Å². The third-order valence-corrected chi connectivity index (χ3v) is 6.42. The van der Waals surface area contributed by atoms with Gasteiger partial charge in [0.15, 0.2) is 0 Å². The lowest BCUT2D eigenvalue weighted by Gasteiger charge is -2.11.